The molecular weight excluding hydrogens is 276 g/mol. The average Bonchev–Trinajstić information content (AvgIpc) is 2.84. The monoisotopic (exact) mass is 296 g/mol. The van der Waals surface area contributed by atoms with E-state index in [1.54, 1.807) is 19.1 Å². The van der Waals surface area contributed by atoms with Gasteiger partial charge in [0.25, 0.3) is 0 Å². The number of hydrogen-bond donors (Lipinski definition) is 2. The summed E-state index contributed by atoms with van der Waals surface area (Å²) >= 11 is 0. The third kappa shape index (κ3) is 2.43. The predicted molar refractivity (Wildman–Crippen MR) is 77.3 cm³/mol. The molecular formula is C14H20N2O3S. The van der Waals surface area contributed by atoms with E-state index in [2.05, 4.69) is 5.32 Å². The smallest absolute Gasteiger partial charge is 0.243 e. The van der Waals surface area contributed by atoms with Gasteiger partial charge in [-0.25, -0.2) is 8.42 Å². The van der Waals surface area contributed by atoms with Gasteiger partial charge in [-0.2, -0.15) is 4.31 Å². The van der Waals surface area contributed by atoms with Gasteiger partial charge in [0.05, 0.1) is 10.5 Å². The Bertz CT molecular complexity index is 625. The lowest BCUT2D eigenvalue weighted by molar-refractivity contribution is 0.00940. The summed E-state index contributed by atoms with van der Waals surface area (Å²) in [7, 11) is -3.52. The Hall–Kier alpha value is -1.11. The van der Waals surface area contributed by atoms with Gasteiger partial charge >= 0.3 is 0 Å². The van der Waals surface area contributed by atoms with Crippen molar-refractivity contribution < 1.29 is 13.5 Å². The molecule has 110 valence electrons. The van der Waals surface area contributed by atoms with Crippen LogP contribution in [0.15, 0.2) is 23.1 Å². The van der Waals surface area contributed by atoms with Crippen LogP contribution in [0.5, 0.6) is 0 Å². The Kier molecular flexibility index (Phi) is 3.27. The maximum absolute atomic E-state index is 12.7. The normalized spacial score (nSPS) is 27.1. The number of rotatable bonds is 2. The van der Waals surface area contributed by atoms with Gasteiger partial charge in [0.15, 0.2) is 0 Å². The number of nitrogens with zero attached hydrogens (tertiary/aromatic N) is 1. The summed E-state index contributed by atoms with van der Waals surface area (Å²) in [6.07, 6.45) is 2.27. The van der Waals surface area contributed by atoms with Gasteiger partial charge in [0, 0.05) is 25.3 Å². The van der Waals surface area contributed by atoms with Crippen molar-refractivity contribution in [3.8, 4) is 0 Å². The molecule has 1 fully saturated rings. The van der Waals surface area contributed by atoms with E-state index in [0.717, 1.165) is 24.2 Å². The number of anilines is 1. The lowest BCUT2D eigenvalue weighted by atomic mass is 9.97. The second-order valence-electron chi connectivity index (χ2n) is 5.93. The summed E-state index contributed by atoms with van der Waals surface area (Å²) < 4.78 is 26.7. The van der Waals surface area contributed by atoms with E-state index in [-0.39, 0.29) is 6.54 Å². The van der Waals surface area contributed by atoms with E-state index >= 15 is 0 Å². The molecule has 2 aliphatic rings. The summed E-state index contributed by atoms with van der Waals surface area (Å²) in [5, 5.41) is 13.3. The topological polar surface area (TPSA) is 69.6 Å². The highest BCUT2D eigenvalue weighted by molar-refractivity contribution is 7.89. The first-order chi connectivity index (χ1) is 9.38. The molecule has 1 atom stereocenters. The third-order valence-corrected chi connectivity index (χ3v) is 5.91. The van der Waals surface area contributed by atoms with Crippen molar-refractivity contribution in [2.24, 2.45) is 0 Å². The van der Waals surface area contributed by atoms with Gasteiger partial charge in [-0.05, 0) is 43.9 Å². The molecule has 1 unspecified atom stereocenters. The molecule has 5 nitrogen and oxygen atoms in total. The molecule has 2 N–H and O–H groups in total. The average molecular weight is 296 g/mol. The lowest BCUT2D eigenvalue weighted by Crippen LogP contribution is -2.48. The van der Waals surface area contributed by atoms with Crippen LogP contribution in [0.4, 0.5) is 5.69 Å². The number of nitrogens with one attached hydrogen (secondary N) is 1. The summed E-state index contributed by atoms with van der Waals surface area (Å²) in [5.41, 5.74) is 1.14. The number of fused-ring (bicyclic) bond motifs is 1. The minimum atomic E-state index is -3.52. The van der Waals surface area contributed by atoms with Gasteiger partial charge in [-0.1, -0.05) is 6.07 Å². The van der Waals surface area contributed by atoms with E-state index < -0.39 is 15.6 Å². The zero-order valence-corrected chi connectivity index (χ0v) is 12.4. The highest BCUT2D eigenvalue weighted by Crippen LogP contribution is 2.30. The van der Waals surface area contributed by atoms with Gasteiger partial charge in [0.1, 0.15) is 0 Å². The summed E-state index contributed by atoms with van der Waals surface area (Å²) in [4.78, 5) is 0.309. The maximum atomic E-state index is 12.7. The van der Waals surface area contributed by atoms with Crippen LogP contribution < -0.4 is 5.32 Å². The van der Waals surface area contributed by atoms with Crippen LogP contribution in [-0.2, 0) is 16.4 Å². The molecule has 0 aromatic heterocycles. The lowest BCUT2D eigenvalue weighted by Gasteiger charge is -2.36. The van der Waals surface area contributed by atoms with E-state index in [1.807, 2.05) is 6.07 Å². The van der Waals surface area contributed by atoms with Crippen molar-refractivity contribution in [2.45, 2.75) is 36.7 Å². The fraction of sp³-hybridized carbons (Fsp3) is 0.571. The summed E-state index contributed by atoms with van der Waals surface area (Å²) in [5.74, 6) is 0. The fourth-order valence-corrected chi connectivity index (χ4v) is 4.58. The molecule has 0 amide bonds. The van der Waals surface area contributed by atoms with Crippen LogP contribution in [0.25, 0.3) is 0 Å². The molecule has 20 heavy (non-hydrogen) atoms. The van der Waals surface area contributed by atoms with Gasteiger partial charge in [-0.15, -0.1) is 0 Å². The van der Waals surface area contributed by atoms with Crippen molar-refractivity contribution >= 4 is 15.7 Å². The highest BCUT2D eigenvalue weighted by atomic mass is 32.2. The maximum Gasteiger partial charge on any atom is 0.243 e. The molecule has 0 bridgehead atoms. The van der Waals surface area contributed by atoms with Crippen LogP contribution in [0, 0.1) is 0 Å². The van der Waals surface area contributed by atoms with E-state index in [0.29, 0.717) is 24.3 Å². The van der Waals surface area contributed by atoms with Crippen LogP contribution in [0.2, 0.25) is 0 Å². The fourth-order valence-electron chi connectivity index (χ4n) is 2.96. The number of benzene rings is 1. The van der Waals surface area contributed by atoms with Crippen LogP contribution in [0.3, 0.4) is 0 Å². The summed E-state index contributed by atoms with van der Waals surface area (Å²) in [6, 6.07) is 5.26. The first-order valence-electron chi connectivity index (χ1n) is 6.98. The number of hydrogen-bond acceptors (Lipinski definition) is 4. The molecule has 3 rings (SSSR count). The highest BCUT2D eigenvalue weighted by Gasteiger charge is 2.35. The van der Waals surface area contributed by atoms with Crippen molar-refractivity contribution in [1.29, 1.82) is 0 Å². The second-order valence-corrected chi connectivity index (χ2v) is 7.87. The molecule has 0 saturated carbocycles. The SMILES string of the molecule is CC1(O)CCCN(S(=O)(=O)c2ccc3c(c2)NCC3)C1. The quantitative estimate of drug-likeness (QED) is 0.860. The van der Waals surface area contributed by atoms with Crippen molar-refractivity contribution in [2.75, 3.05) is 25.0 Å². The Morgan fingerprint density at radius 3 is 2.95 bits per heavy atom. The summed E-state index contributed by atoms with van der Waals surface area (Å²) in [6.45, 7) is 3.19. The zero-order valence-electron chi connectivity index (χ0n) is 11.6. The standard InChI is InChI=1S/C14H20N2O3S/c1-14(17)6-2-8-16(10-14)20(18,19)12-4-3-11-5-7-15-13(11)9-12/h3-4,9,15,17H,2,5-8,10H2,1H3. The Morgan fingerprint density at radius 1 is 1.40 bits per heavy atom. The second kappa shape index (κ2) is 4.72. The van der Waals surface area contributed by atoms with Gasteiger partial charge in [0.2, 0.25) is 10.0 Å². The van der Waals surface area contributed by atoms with Gasteiger partial charge in [-0.3, -0.25) is 0 Å². The minimum absolute atomic E-state index is 0.167. The molecule has 0 spiro atoms. The molecule has 2 heterocycles. The van der Waals surface area contributed by atoms with Crippen molar-refractivity contribution in [1.82, 2.24) is 4.31 Å². The molecule has 1 saturated heterocycles. The van der Waals surface area contributed by atoms with E-state index in [9.17, 15) is 13.5 Å². The third-order valence-electron chi connectivity index (χ3n) is 4.07. The Labute approximate surface area is 119 Å². The van der Waals surface area contributed by atoms with E-state index in [1.165, 1.54) is 4.31 Å². The number of sulfonamides is 1. The number of aliphatic hydroxyl groups is 1. The largest absolute Gasteiger partial charge is 0.389 e. The Morgan fingerprint density at radius 2 is 2.20 bits per heavy atom. The molecule has 0 radical (unpaired) electrons. The molecule has 1 aromatic carbocycles. The zero-order chi connectivity index (χ0) is 14.4. The first kappa shape index (κ1) is 13.9. The number of β-amino-alcohol motifs (C(OH)–C–C–N with tert-alkyl or cyclic N) is 1. The molecule has 1 aromatic rings. The predicted octanol–water partition coefficient (Wildman–Crippen LogP) is 1.19. The van der Waals surface area contributed by atoms with Crippen LogP contribution in [0.1, 0.15) is 25.3 Å². The molecule has 0 aliphatic carbocycles. The molecule has 6 heteroatoms. The first-order valence-corrected chi connectivity index (χ1v) is 8.42. The van der Waals surface area contributed by atoms with E-state index in [4.69, 9.17) is 0 Å². The number of piperidine rings is 1. The van der Waals surface area contributed by atoms with Crippen LogP contribution in [-0.4, -0.2) is 43.1 Å². The molecule has 2 aliphatic heterocycles. The van der Waals surface area contributed by atoms with Crippen molar-refractivity contribution in [3.05, 3.63) is 23.8 Å². The van der Waals surface area contributed by atoms with Crippen molar-refractivity contribution in [3.63, 3.8) is 0 Å². The Balaban J connectivity index is 1.92. The minimum Gasteiger partial charge on any atom is -0.389 e. The van der Waals surface area contributed by atoms with Crippen LogP contribution >= 0.6 is 0 Å². The van der Waals surface area contributed by atoms with Gasteiger partial charge < -0.3 is 10.4 Å².